The monoisotopic (exact) mass is 430 g/mol. The van der Waals surface area contributed by atoms with Crippen LogP contribution in [-0.4, -0.2) is 21.1 Å². The molecule has 0 atom stereocenters. The molecule has 0 fully saturated rings. The molecule has 0 bridgehead atoms. The standard InChI is InChI=1S/C14H29.C8H17.Sn/c1-4-7-8-9-10-13-14(11-5-2)12-6-3;1-3-5-7-8-6-4-2;/h14H,1,4-13H2,2-3H3;1,3-8H2,2H3;. The summed E-state index contributed by atoms with van der Waals surface area (Å²) in [4.78, 5) is 0. The van der Waals surface area contributed by atoms with Crippen LogP contribution >= 0.6 is 0 Å². The SMILES string of the molecule is CCCCCCC[CH2][Sn][CH2]CCCCCCC(CCC)CCC. The van der Waals surface area contributed by atoms with Crippen LogP contribution in [0.1, 0.15) is 124 Å². The molecule has 0 aromatic carbocycles. The summed E-state index contributed by atoms with van der Waals surface area (Å²) in [5.74, 6) is 1.04. The van der Waals surface area contributed by atoms with Gasteiger partial charge in [0.2, 0.25) is 0 Å². The number of hydrogen-bond acceptors (Lipinski definition) is 0. The summed E-state index contributed by atoms with van der Waals surface area (Å²) in [6.45, 7) is 7.00. The van der Waals surface area contributed by atoms with E-state index in [0.29, 0.717) is 0 Å². The van der Waals surface area contributed by atoms with Crippen molar-refractivity contribution < 1.29 is 0 Å². The van der Waals surface area contributed by atoms with Gasteiger partial charge in [0, 0.05) is 0 Å². The molecule has 0 saturated carbocycles. The normalized spacial score (nSPS) is 11.5. The Bertz CT molecular complexity index is 196. The number of rotatable bonds is 19. The van der Waals surface area contributed by atoms with Gasteiger partial charge >= 0.3 is 159 Å². The predicted molar refractivity (Wildman–Crippen MR) is 110 cm³/mol. The first kappa shape index (κ1) is 23.8. The molecule has 23 heavy (non-hydrogen) atoms. The second kappa shape index (κ2) is 20.8. The van der Waals surface area contributed by atoms with E-state index < -0.39 is 0 Å². The molecule has 0 aliphatic carbocycles. The average molecular weight is 429 g/mol. The van der Waals surface area contributed by atoms with Crippen LogP contribution in [0.5, 0.6) is 0 Å². The van der Waals surface area contributed by atoms with Gasteiger partial charge in [0.15, 0.2) is 0 Å². The Hall–Kier alpha value is 0.799. The fraction of sp³-hybridized carbons (Fsp3) is 1.00. The Balaban J connectivity index is 3.15. The Morgan fingerprint density at radius 3 is 1.48 bits per heavy atom. The summed E-state index contributed by atoms with van der Waals surface area (Å²) in [6.07, 6.45) is 23.8. The first-order chi connectivity index (χ1) is 11.3. The maximum absolute atomic E-state index is 2.35. The van der Waals surface area contributed by atoms with Gasteiger partial charge < -0.3 is 0 Å². The van der Waals surface area contributed by atoms with Gasteiger partial charge in [0.25, 0.3) is 0 Å². The van der Waals surface area contributed by atoms with Crippen LogP contribution in [-0.2, 0) is 0 Å². The molecule has 0 saturated heterocycles. The minimum absolute atomic E-state index is 0.0406. The van der Waals surface area contributed by atoms with Crippen molar-refractivity contribution in [3.63, 3.8) is 0 Å². The van der Waals surface area contributed by atoms with Crippen LogP contribution in [0.25, 0.3) is 0 Å². The first-order valence-electron chi connectivity index (χ1n) is 11.1. The third kappa shape index (κ3) is 19.0. The van der Waals surface area contributed by atoms with E-state index in [-0.39, 0.29) is 21.1 Å². The Kier molecular flexibility index (Phi) is 21.6. The maximum atomic E-state index is 2.35. The van der Waals surface area contributed by atoms with Gasteiger partial charge in [0.1, 0.15) is 0 Å². The van der Waals surface area contributed by atoms with Gasteiger partial charge in [-0.15, -0.1) is 0 Å². The number of hydrogen-bond donors (Lipinski definition) is 0. The molecule has 0 rings (SSSR count). The predicted octanol–water partition coefficient (Wildman–Crippen LogP) is 8.44. The van der Waals surface area contributed by atoms with Crippen molar-refractivity contribution in [1.82, 2.24) is 0 Å². The van der Waals surface area contributed by atoms with Crippen LogP contribution in [0.15, 0.2) is 0 Å². The molecule has 0 aromatic heterocycles. The summed E-state index contributed by atoms with van der Waals surface area (Å²) in [7, 11) is 0. The van der Waals surface area contributed by atoms with E-state index in [1.807, 2.05) is 0 Å². The fourth-order valence-electron chi connectivity index (χ4n) is 3.62. The van der Waals surface area contributed by atoms with Gasteiger partial charge in [-0.3, -0.25) is 0 Å². The molecule has 2 radical (unpaired) electrons. The molecule has 0 spiro atoms. The molecule has 0 aromatic rings. The van der Waals surface area contributed by atoms with Crippen LogP contribution in [0.3, 0.4) is 0 Å². The Morgan fingerprint density at radius 2 is 0.957 bits per heavy atom. The number of unbranched alkanes of at least 4 members (excludes halogenated alkanes) is 9. The molecular formula is C22H46Sn. The van der Waals surface area contributed by atoms with E-state index >= 15 is 0 Å². The zero-order valence-corrected chi connectivity index (χ0v) is 19.7. The van der Waals surface area contributed by atoms with Gasteiger partial charge in [-0.25, -0.2) is 0 Å². The zero-order chi connectivity index (χ0) is 17.0. The summed E-state index contributed by atoms with van der Waals surface area (Å²) in [5, 5.41) is 0. The van der Waals surface area contributed by atoms with Crippen molar-refractivity contribution >= 4 is 21.1 Å². The average Bonchev–Trinajstić information content (AvgIpc) is 2.55. The van der Waals surface area contributed by atoms with E-state index in [2.05, 4.69) is 20.8 Å². The van der Waals surface area contributed by atoms with Crippen molar-refractivity contribution in [1.29, 1.82) is 0 Å². The molecule has 1 heteroatoms. The van der Waals surface area contributed by atoms with E-state index in [1.54, 1.807) is 21.7 Å². The molecule has 0 aliphatic heterocycles. The van der Waals surface area contributed by atoms with Crippen LogP contribution in [0, 0.1) is 5.92 Å². The van der Waals surface area contributed by atoms with Crippen LogP contribution in [0.2, 0.25) is 8.87 Å². The van der Waals surface area contributed by atoms with Gasteiger partial charge in [0.05, 0.1) is 0 Å². The fourth-order valence-corrected chi connectivity index (χ4v) is 7.19. The Morgan fingerprint density at radius 1 is 0.478 bits per heavy atom. The zero-order valence-electron chi connectivity index (χ0n) is 16.8. The summed E-state index contributed by atoms with van der Waals surface area (Å²) in [6, 6.07) is 0. The van der Waals surface area contributed by atoms with Crippen molar-refractivity contribution in [2.75, 3.05) is 0 Å². The summed E-state index contributed by atoms with van der Waals surface area (Å²) in [5.41, 5.74) is 0. The summed E-state index contributed by atoms with van der Waals surface area (Å²) >= 11 is 0.0406. The van der Waals surface area contributed by atoms with E-state index in [1.165, 1.54) is 89.9 Å². The quantitative estimate of drug-likeness (QED) is 0.143. The van der Waals surface area contributed by atoms with Crippen LogP contribution in [0.4, 0.5) is 0 Å². The first-order valence-corrected chi connectivity index (χ1v) is 15.1. The van der Waals surface area contributed by atoms with Gasteiger partial charge in [-0.05, 0) is 0 Å². The van der Waals surface area contributed by atoms with Crippen molar-refractivity contribution in [3.05, 3.63) is 0 Å². The molecule has 0 unspecified atom stereocenters. The van der Waals surface area contributed by atoms with Gasteiger partial charge in [-0.1, -0.05) is 0 Å². The van der Waals surface area contributed by atoms with Crippen LogP contribution < -0.4 is 0 Å². The van der Waals surface area contributed by atoms with Gasteiger partial charge in [-0.2, -0.15) is 0 Å². The molecule has 0 heterocycles. The van der Waals surface area contributed by atoms with E-state index in [9.17, 15) is 0 Å². The topological polar surface area (TPSA) is 0 Å². The molecule has 0 N–H and O–H groups in total. The van der Waals surface area contributed by atoms with E-state index in [0.717, 1.165) is 5.92 Å². The molecule has 0 amide bonds. The third-order valence-electron chi connectivity index (χ3n) is 5.07. The molecule has 0 aliphatic rings. The third-order valence-corrected chi connectivity index (χ3v) is 9.10. The van der Waals surface area contributed by atoms with Crippen molar-refractivity contribution in [3.8, 4) is 0 Å². The second-order valence-electron chi connectivity index (χ2n) is 7.52. The van der Waals surface area contributed by atoms with Crippen molar-refractivity contribution in [2.24, 2.45) is 5.92 Å². The minimum atomic E-state index is 0.0406. The van der Waals surface area contributed by atoms with E-state index in [4.69, 9.17) is 0 Å². The summed E-state index contributed by atoms with van der Waals surface area (Å²) < 4.78 is 3.32. The molecular weight excluding hydrogens is 383 g/mol. The van der Waals surface area contributed by atoms with Crippen molar-refractivity contribution in [2.45, 2.75) is 132 Å². The molecule has 0 nitrogen and oxygen atoms in total. The molecule has 138 valence electrons. The second-order valence-corrected chi connectivity index (χ2v) is 11.8. The Labute approximate surface area is 159 Å².